The van der Waals surface area contributed by atoms with Gasteiger partial charge in [0.2, 0.25) is 0 Å². The minimum atomic E-state index is -0.949. The van der Waals surface area contributed by atoms with Crippen LogP contribution in [0.1, 0.15) is 10.5 Å². The molecule has 0 spiro atoms. The summed E-state index contributed by atoms with van der Waals surface area (Å²) >= 11 is 0. The van der Waals surface area contributed by atoms with Crippen molar-refractivity contribution in [2.24, 2.45) is 7.05 Å². The molecule has 0 aliphatic heterocycles. The van der Waals surface area contributed by atoms with Crippen molar-refractivity contribution in [3.05, 3.63) is 36.9 Å². The second kappa shape index (κ2) is 4.80. The predicted molar refractivity (Wildman–Crippen MR) is 47.7 cm³/mol. The second-order valence-electron chi connectivity index (χ2n) is 2.41. The van der Waals surface area contributed by atoms with Gasteiger partial charge in [0, 0.05) is 7.05 Å². The quantitative estimate of drug-likeness (QED) is 0.697. The fraction of sp³-hybridized carbons (Fsp3) is 0.125. The van der Waals surface area contributed by atoms with Crippen LogP contribution in [-0.2, 0) is 7.05 Å². The maximum atomic E-state index is 10.2. The van der Waals surface area contributed by atoms with E-state index in [9.17, 15) is 4.79 Å². The SMILES string of the molecule is Cn1cncc1C(=O)O.c1c[n-]cn1. The van der Waals surface area contributed by atoms with E-state index in [0.29, 0.717) is 0 Å². The first-order valence-corrected chi connectivity index (χ1v) is 3.78. The van der Waals surface area contributed by atoms with Gasteiger partial charge in [-0.3, -0.25) is 0 Å². The van der Waals surface area contributed by atoms with E-state index >= 15 is 0 Å². The molecule has 0 saturated carbocycles. The van der Waals surface area contributed by atoms with Crippen molar-refractivity contribution < 1.29 is 9.90 Å². The number of aromatic carboxylic acids is 1. The summed E-state index contributed by atoms with van der Waals surface area (Å²) < 4.78 is 1.45. The molecule has 2 rings (SSSR count). The van der Waals surface area contributed by atoms with Crippen LogP contribution in [0.4, 0.5) is 0 Å². The van der Waals surface area contributed by atoms with Crippen LogP contribution in [0.15, 0.2) is 31.2 Å². The third-order valence-electron chi connectivity index (χ3n) is 1.41. The summed E-state index contributed by atoms with van der Waals surface area (Å²) in [5.74, 6) is -0.949. The fourth-order valence-corrected chi connectivity index (χ4v) is 0.756. The highest BCUT2D eigenvalue weighted by Gasteiger charge is 2.04. The van der Waals surface area contributed by atoms with Crippen molar-refractivity contribution in [1.29, 1.82) is 0 Å². The van der Waals surface area contributed by atoms with Gasteiger partial charge in [-0.15, -0.1) is 0 Å². The van der Waals surface area contributed by atoms with E-state index in [1.54, 1.807) is 19.4 Å². The Bertz CT molecular complexity index is 362. The van der Waals surface area contributed by atoms with Crippen LogP contribution in [-0.4, -0.2) is 25.6 Å². The Balaban J connectivity index is 0.000000165. The molecule has 6 nitrogen and oxygen atoms in total. The maximum absolute atomic E-state index is 10.2. The molecule has 14 heavy (non-hydrogen) atoms. The monoisotopic (exact) mass is 193 g/mol. The zero-order valence-electron chi connectivity index (χ0n) is 7.53. The summed E-state index contributed by atoms with van der Waals surface area (Å²) in [5, 5.41) is 8.39. The number of hydrogen-bond acceptors (Lipinski definition) is 3. The van der Waals surface area contributed by atoms with Gasteiger partial charge in [-0.1, -0.05) is 18.7 Å². The van der Waals surface area contributed by atoms with Crippen molar-refractivity contribution in [2.75, 3.05) is 0 Å². The first-order chi connectivity index (χ1) is 6.72. The summed E-state index contributed by atoms with van der Waals surface area (Å²) in [6, 6.07) is 0. The molecule has 0 fully saturated rings. The zero-order valence-corrected chi connectivity index (χ0v) is 7.53. The lowest BCUT2D eigenvalue weighted by Gasteiger charge is -1.91. The molecule has 0 saturated heterocycles. The molecule has 0 aliphatic carbocycles. The number of carboxylic acid groups (broad SMARTS) is 1. The topological polar surface area (TPSA) is 82.1 Å². The van der Waals surface area contributed by atoms with Gasteiger partial charge in [0.15, 0.2) is 0 Å². The van der Waals surface area contributed by atoms with Gasteiger partial charge in [-0.2, -0.15) is 0 Å². The van der Waals surface area contributed by atoms with Crippen LogP contribution in [0.5, 0.6) is 0 Å². The highest BCUT2D eigenvalue weighted by atomic mass is 16.4. The highest BCUT2D eigenvalue weighted by molar-refractivity contribution is 5.85. The van der Waals surface area contributed by atoms with Gasteiger partial charge in [0.05, 0.1) is 12.5 Å². The predicted octanol–water partition coefficient (Wildman–Crippen LogP) is 0.157. The smallest absolute Gasteiger partial charge is 0.354 e. The fourth-order valence-electron chi connectivity index (χ4n) is 0.756. The number of aryl methyl sites for hydroxylation is 1. The number of carbonyl (C=O) groups is 1. The van der Waals surface area contributed by atoms with Crippen molar-refractivity contribution in [3.8, 4) is 0 Å². The third kappa shape index (κ3) is 2.74. The molecule has 0 bridgehead atoms. The van der Waals surface area contributed by atoms with Gasteiger partial charge in [-0.05, 0) is 0 Å². The molecule has 6 heteroatoms. The van der Waals surface area contributed by atoms with E-state index in [0.717, 1.165) is 0 Å². The Morgan fingerprint density at radius 2 is 2.36 bits per heavy atom. The molecule has 0 aromatic carbocycles. The summed E-state index contributed by atoms with van der Waals surface area (Å²) in [6.45, 7) is 0. The van der Waals surface area contributed by atoms with Crippen LogP contribution in [0.3, 0.4) is 0 Å². The normalized spacial score (nSPS) is 8.93. The van der Waals surface area contributed by atoms with Crippen LogP contribution < -0.4 is 4.98 Å². The van der Waals surface area contributed by atoms with Crippen LogP contribution in [0.25, 0.3) is 0 Å². The number of aromatic nitrogens is 4. The molecule has 0 unspecified atom stereocenters. The molecule has 0 atom stereocenters. The van der Waals surface area contributed by atoms with E-state index in [1.165, 1.54) is 23.4 Å². The van der Waals surface area contributed by atoms with Gasteiger partial charge in [0.25, 0.3) is 0 Å². The first-order valence-electron chi connectivity index (χ1n) is 3.78. The van der Waals surface area contributed by atoms with E-state index in [1.807, 2.05) is 0 Å². The van der Waals surface area contributed by atoms with E-state index in [4.69, 9.17) is 5.11 Å². The molecule has 0 radical (unpaired) electrons. The lowest BCUT2D eigenvalue weighted by Crippen LogP contribution is -2.02. The van der Waals surface area contributed by atoms with Crippen molar-refractivity contribution in [3.63, 3.8) is 0 Å². The molecule has 1 N–H and O–H groups in total. The molecule has 74 valence electrons. The third-order valence-corrected chi connectivity index (χ3v) is 1.41. The van der Waals surface area contributed by atoms with E-state index < -0.39 is 5.97 Å². The second-order valence-corrected chi connectivity index (χ2v) is 2.41. The Morgan fingerprint density at radius 3 is 2.57 bits per heavy atom. The van der Waals surface area contributed by atoms with Crippen molar-refractivity contribution in [1.82, 2.24) is 19.5 Å². The summed E-state index contributed by atoms with van der Waals surface area (Å²) in [5.41, 5.74) is 0.204. The van der Waals surface area contributed by atoms with E-state index in [-0.39, 0.29) is 5.69 Å². The minimum absolute atomic E-state index is 0.204. The molecule has 2 aromatic rings. The molecule has 2 aromatic heterocycles. The molecule has 0 aliphatic rings. The summed E-state index contributed by atoms with van der Waals surface area (Å²) in [6.07, 6.45) is 7.53. The lowest BCUT2D eigenvalue weighted by molar-refractivity contribution is 0.0686. The number of hydrogen-bond donors (Lipinski definition) is 1. The van der Waals surface area contributed by atoms with Crippen LogP contribution >= 0.6 is 0 Å². The molecule has 2 heterocycles. The number of carboxylic acids is 1. The van der Waals surface area contributed by atoms with Crippen LogP contribution in [0.2, 0.25) is 0 Å². The van der Waals surface area contributed by atoms with Crippen LogP contribution in [0, 0.1) is 0 Å². The Morgan fingerprint density at radius 1 is 1.57 bits per heavy atom. The summed E-state index contributed by atoms with van der Waals surface area (Å²) in [7, 11) is 1.64. The number of imidazole rings is 2. The Kier molecular flexibility index (Phi) is 3.42. The minimum Gasteiger partial charge on any atom is -0.477 e. The molecule has 0 amide bonds. The summed E-state index contributed by atoms with van der Waals surface area (Å²) in [4.78, 5) is 21.1. The Hall–Kier alpha value is -2.11. The van der Waals surface area contributed by atoms with Crippen molar-refractivity contribution >= 4 is 5.97 Å². The first kappa shape index (κ1) is 9.97. The van der Waals surface area contributed by atoms with Gasteiger partial charge < -0.3 is 19.6 Å². The van der Waals surface area contributed by atoms with Gasteiger partial charge in [0.1, 0.15) is 5.69 Å². The standard InChI is InChI=1S/C5H6N2O2.C3H3N2/c1-7-3-6-2-4(7)5(8)9;1-2-5-3-4-1/h2-3H,1H3,(H,8,9);1-3H/q;-1. The zero-order chi connectivity index (χ0) is 10.4. The average molecular weight is 193 g/mol. The highest BCUT2D eigenvalue weighted by Crippen LogP contribution is 1.93. The molecular weight excluding hydrogens is 184 g/mol. The maximum Gasteiger partial charge on any atom is 0.354 e. The van der Waals surface area contributed by atoms with Gasteiger partial charge >= 0.3 is 5.97 Å². The average Bonchev–Trinajstić information content (AvgIpc) is 2.74. The van der Waals surface area contributed by atoms with E-state index in [2.05, 4.69) is 15.0 Å². The number of nitrogens with zero attached hydrogens (tertiary/aromatic N) is 4. The van der Waals surface area contributed by atoms with Gasteiger partial charge in [-0.25, -0.2) is 9.78 Å². The Labute approximate surface area is 80.2 Å². The molecular formula is C8H9N4O2-. The largest absolute Gasteiger partial charge is 0.477 e. The number of rotatable bonds is 1. The lowest BCUT2D eigenvalue weighted by atomic mass is 10.5. The van der Waals surface area contributed by atoms with Crippen molar-refractivity contribution in [2.45, 2.75) is 0 Å².